The Balaban J connectivity index is 1.69. The summed E-state index contributed by atoms with van der Waals surface area (Å²) in [4.78, 5) is 27.1. The molecule has 6 nitrogen and oxygen atoms in total. The molecule has 3 N–H and O–H groups in total. The van der Waals surface area contributed by atoms with Gasteiger partial charge in [-0.3, -0.25) is 19.8 Å². The van der Waals surface area contributed by atoms with Gasteiger partial charge in [0.05, 0.1) is 18.6 Å². The standard InChI is InChI=1S/C21H19N3O3S/c1-27-15-6-3-2-5-12(15)17-18-13(22-20-19(17)21(26)24-23-20)9-11(10-14(18)25)16-7-4-8-28-16/h2-8,11,17H,9-10H2,1H3,(H3,22,23,24,26). The number of hydrogen-bond donors (Lipinski definition) is 3. The first-order chi connectivity index (χ1) is 13.7. The molecular formula is C21H19N3O3S. The highest BCUT2D eigenvalue weighted by Gasteiger charge is 2.41. The van der Waals surface area contributed by atoms with Crippen molar-refractivity contribution in [2.24, 2.45) is 0 Å². The molecule has 142 valence electrons. The number of thiophene rings is 1. The van der Waals surface area contributed by atoms with E-state index >= 15 is 0 Å². The number of aromatic nitrogens is 2. The molecule has 1 aromatic carbocycles. The Kier molecular flexibility index (Phi) is 3.98. The van der Waals surface area contributed by atoms with Crippen LogP contribution in [0.2, 0.25) is 0 Å². The van der Waals surface area contributed by atoms with E-state index in [0.29, 0.717) is 29.1 Å². The molecule has 3 heterocycles. The van der Waals surface area contributed by atoms with Gasteiger partial charge in [-0.15, -0.1) is 11.3 Å². The first-order valence-electron chi connectivity index (χ1n) is 9.17. The number of rotatable bonds is 3. The van der Waals surface area contributed by atoms with Gasteiger partial charge in [-0.25, -0.2) is 0 Å². The Bertz CT molecular complexity index is 1140. The van der Waals surface area contributed by atoms with E-state index in [2.05, 4.69) is 21.6 Å². The molecule has 28 heavy (non-hydrogen) atoms. The topological polar surface area (TPSA) is 87.0 Å². The predicted octanol–water partition coefficient (Wildman–Crippen LogP) is 3.73. The zero-order valence-electron chi connectivity index (χ0n) is 15.2. The highest BCUT2D eigenvalue weighted by Crippen LogP contribution is 2.48. The van der Waals surface area contributed by atoms with E-state index in [1.54, 1.807) is 18.4 Å². The van der Waals surface area contributed by atoms with Crippen molar-refractivity contribution in [3.8, 4) is 5.75 Å². The minimum absolute atomic E-state index is 0.0781. The molecule has 0 spiro atoms. The smallest absolute Gasteiger partial charge is 0.270 e. The third-order valence-corrected chi connectivity index (χ3v) is 6.61. The maximum atomic E-state index is 13.3. The van der Waals surface area contributed by atoms with Crippen LogP contribution in [0.15, 0.2) is 57.8 Å². The Morgan fingerprint density at radius 2 is 1.93 bits per heavy atom. The van der Waals surface area contributed by atoms with Crippen LogP contribution in [0, 0.1) is 0 Å². The van der Waals surface area contributed by atoms with Gasteiger partial charge in [0, 0.05) is 34.0 Å². The maximum absolute atomic E-state index is 13.3. The minimum atomic E-state index is -0.450. The summed E-state index contributed by atoms with van der Waals surface area (Å²) >= 11 is 1.68. The van der Waals surface area contributed by atoms with Crippen molar-refractivity contribution in [2.75, 3.05) is 12.4 Å². The van der Waals surface area contributed by atoms with Crippen molar-refractivity contribution < 1.29 is 9.53 Å². The fraction of sp³-hybridized carbons (Fsp3) is 0.238. The van der Waals surface area contributed by atoms with Crippen molar-refractivity contribution in [3.05, 3.63) is 79.4 Å². The Morgan fingerprint density at radius 3 is 2.71 bits per heavy atom. The monoisotopic (exact) mass is 393 g/mol. The number of ketones is 1. The van der Waals surface area contributed by atoms with Crippen molar-refractivity contribution in [3.63, 3.8) is 0 Å². The van der Waals surface area contributed by atoms with Crippen molar-refractivity contribution in [1.82, 2.24) is 10.2 Å². The zero-order valence-corrected chi connectivity index (χ0v) is 16.1. The van der Waals surface area contributed by atoms with Gasteiger partial charge in [-0.05, 0) is 23.9 Å². The van der Waals surface area contributed by atoms with Gasteiger partial charge in [0.2, 0.25) is 0 Å². The molecule has 2 unspecified atom stereocenters. The van der Waals surface area contributed by atoms with E-state index in [0.717, 1.165) is 17.7 Å². The molecule has 0 bridgehead atoms. The predicted molar refractivity (Wildman–Crippen MR) is 108 cm³/mol. The van der Waals surface area contributed by atoms with Gasteiger partial charge in [0.15, 0.2) is 5.78 Å². The molecule has 0 fully saturated rings. The molecule has 5 rings (SSSR count). The molecule has 0 saturated heterocycles. The van der Waals surface area contributed by atoms with Crippen molar-refractivity contribution >= 4 is 22.9 Å². The number of hydrogen-bond acceptors (Lipinski definition) is 5. The summed E-state index contributed by atoms with van der Waals surface area (Å²) in [5.74, 6) is 1.08. The number of carbonyl (C=O) groups is 1. The molecular weight excluding hydrogens is 374 g/mol. The fourth-order valence-electron chi connectivity index (χ4n) is 4.36. The number of anilines is 1. The normalized spacial score (nSPS) is 21.1. The van der Waals surface area contributed by atoms with Crippen LogP contribution in [0.5, 0.6) is 5.75 Å². The first kappa shape index (κ1) is 17.1. The molecule has 0 radical (unpaired) electrons. The highest BCUT2D eigenvalue weighted by atomic mass is 32.1. The molecule has 0 amide bonds. The summed E-state index contributed by atoms with van der Waals surface area (Å²) in [6.07, 6.45) is 1.18. The Hall–Kier alpha value is -3.06. The molecule has 3 aromatic rings. The highest BCUT2D eigenvalue weighted by molar-refractivity contribution is 7.10. The quantitative estimate of drug-likeness (QED) is 0.633. The van der Waals surface area contributed by atoms with Crippen LogP contribution >= 0.6 is 11.3 Å². The SMILES string of the molecule is COc1ccccc1C1C2=C(CC(c3cccs3)CC2=O)Nc2[nH][nH]c(=O)c21. The van der Waals surface area contributed by atoms with E-state index in [9.17, 15) is 9.59 Å². The number of H-pyrrole nitrogens is 2. The summed E-state index contributed by atoms with van der Waals surface area (Å²) in [5.41, 5.74) is 2.70. The maximum Gasteiger partial charge on any atom is 0.270 e. The molecule has 2 aromatic heterocycles. The van der Waals surface area contributed by atoms with Gasteiger partial charge in [-0.2, -0.15) is 0 Å². The van der Waals surface area contributed by atoms with E-state index in [-0.39, 0.29) is 17.3 Å². The Morgan fingerprint density at radius 1 is 1.07 bits per heavy atom. The van der Waals surface area contributed by atoms with E-state index in [1.807, 2.05) is 35.7 Å². The third-order valence-electron chi connectivity index (χ3n) is 5.57. The number of benzene rings is 1. The average molecular weight is 393 g/mol. The number of allylic oxidation sites excluding steroid dienone is 2. The van der Waals surface area contributed by atoms with Crippen LogP contribution in [-0.4, -0.2) is 23.1 Å². The first-order valence-corrected chi connectivity index (χ1v) is 10.1. The summed E-state index contributed by atoms with van der Waals surface area (Å²) in [6.45, 7) is 0. The number of fused-ring (bicyclic) bond motifs is 1. The van der Waals surface area contributed by atoms with Gasteiger partial charge >= 0.3 is 0 Å². The van der Waals surface area contributed by atoms with Crippen molar-refractivity contribution in [2.45, 2.75) is 24.7 Å². The number of Topliss-reactive ketones (excluding diaryl/α,β-unsaturated/α-hetero) is 1. The van der Waals surface area contributed by atoms with Crippen LogP contribution in [0.1, 0.15) is 40.7 Å². The second-order valence-electron chi connectivity index (χ2n) is 7.10. The van der Waals surface area contributed by atoms with Gasteiger partial charge in [0.1, 0.15) is 11.6 Å². The van der Waals surface area contributed by atoms with Gasteiger partial charge in [0.25, 0.3) is 5.56 Å². The fourth-order valence-corrected chi connectivity index (χ4v) is 5.19. The van der Waals surface area contributed by atoms with Gasteiger partial charge < -0.3 is 10.1 Å². The number of aromatic amines is 2. The third kappa shape index (κ3) is 2.54. The molecule has 0 saturated carbocycles. The molecule has 2 atom stereocenters. The van der Waals surface area contributed by atoms with E-state index < -0.39 is 5.92 Å². The van der Waals surface area contributed by atoms with Crippen LogP contribution in [-0.2, 0) is 4.79 Å². The summed E-state index contributed by atoms with van der Waals surface area (Å²) in [6, 6.07) is 11.7. The second kappa shape index (κ2) is 6.53. The molecule has 1 aliphatic carbocycles. The lowest BCUT2D eigenvalue weighted by Crippen LogP contribution is -2.31. The minimum Gasteiger partial charge on any atom is -0.496 e. The van der Waals surface area contributed by atoms with E-state index in [1.165, 1.54) is 4.88 Å². The van der Waals surface area contributed by atoms with Crippen molar-refractivity contribution in [1.29, 1.82) is 0 Å². The zero-order chi connectivity index (χ0) is 19.3. The lowest BCUT2D eigenvalue weighted by molar-refractivity contribution is -0.116. The lowest BCUT2D eigenvalue weighted by atomic mass is 9.73. The summed E-state index contributed by atoms with van der Waals surface area (Å²) < 4.78 is 5.55. The van der Waals surface area contributed by atoms with Crippen LogP contribution < -0.4 is 15.6 Å². The molecule has 7 heteroatoms. The number of methoxy groups -OCH3 is 1. The number of carbonyl (C=O) groups excluding carboxylic acids is 1. The number of nitrogens with one attached hydrogen (secondary N) is 3. The molecule has 2 aliphatic rings. The number of ether oxygens (including phenoxy) is 1. The summed E-state index contributed by atoms with van der Waals surface area (Å²) in [7, 11) is 1.60. The molecule has 1 aliphatic heterocycles. The van der Waals surface area contributed by atoms with Crippen LogP contribution in [0.3, 0.4) is 0 Å². The second-order valence-corrected chi connectivity index (χ2v) is 8.08. The average Bonchev–Trinajstić information content (AvgIpc) is 3.37. The van der Waals surface area contributed by atoms with Crippen LogP contribution in [0.4, 0.5) is 5.82 Å². The van der Waals surface area contributed by atoms with E-state index in [4.69, 9.17) is 4.74 Å². The van der Waals surface area contributed by atoms with Gasteiger partial charge in [-0.1, -0.05) is 24.3 Å². The summed E-state index contributed by atoms with van der Waals surface area (Å²) in [5, 5.41) is 10.9. The van der Waals surface area contributed by atoms with Crippen LogP contribution in [0.25, 0.3) is 0 Å². The lowest BCUT2D eigenvalue weighted by Gasteiger charge is -2.34. The Labute approximate surface area is 165 Å². The number of para-hydroxylation sites is 1. The largest absolute Gasteiger partial charge is 0.496 e.